The number of aromatic hydroxyl groups is 1. The lowest BCUT2D eigenvalue weighted by Gasteiger charge is -2.28. The van der Waals surface area contributed by atoms with Gasteiger partial charge in [-0.1, -0.05) is 31.9 Å². The van der Waals surface area contributed by atoms with E-state index < -0.39 is 0 Å². The molecule has 29 heavy (non-hydrogen) atoms. The van der Waals surface area contributed by atoms with Crippen LogP contribution in [0.1, 0.15) is 31.7 Å². The fourth-order valence-electron chi connectivity index (χ4n) is 2.75. The average molecular weight is 393 g/mol. The zero-order valence-corrected chi connectivity index (χ0v) is 16.9. The fourth-order valence-corrected chi connectivity index (χ4v) is 2.75. The smallest absolute Gasteiger partial charge is 0.125 e. The molecule has 0 spiro atoms. The van der Waals surface area contributed by atoms with Gasteiger partial charge in [-0.15, -0.1) is 10.2 Å². The third-order valence-corrected chi connectivity index (χ3v) is 4.58. The number of benzene rings is 1. The summed E-state index contributed by atoms with van der Waals surface area (Å²) in [4.78, 5) is 10.3. The van der Waals surface area contributed by atoms with E-state index in [4.69, 9.17) is 0 Å². The van der Waals surface area contributed by atoms with Crippen molar-refractivity contribution in [2.24, 2.45) is 10.2 Å². The molecule has 7 nitrogen and oxygen atoms in total. The van der Waals surface area contributed by atoms with Crippen LogP contribution < -0.4 is 5.32 Å². The van der Waals surface area contributed by atoms with Gasteiger partial charge in [0.25, 0.3) is 0 Å². The summed E-state index contributed by atoms with van der Waals surface area (Å²) >= 11 is 0. The van der Waals surface area contributed by atoms with Crippen LogP contribution in [0.2, 0.25) is 0 Å². The van der Waals surface area contributed by atoms with Crippen molar-refractivity contribution < 1.29 is 5.11 Å². The minimum Gasteiger partial charge on any atom is -0.507 e. The first-order valence-electron chi connectivity index (χ1n) is 9.99. The molecule has 1 aromatic carbocycles. The predicted molar refractivity (Wildman–Crippen MR) is 117 cm³/mol. The average Bonchev–Trinajstić information content (AvgIpc) is 3.65. The van der Waals surface area contributed by atoms with E-state index in [1.54, 1.807) is 30.5 Å². The third kappa shape index (κ3) is 6.22. The van der Waals surface area contributed by atoms with Gasteiger partial charge in [0.15, 0.2) is 0 Å². The number of aromatic nitrogens is 2. The van der Waals surface area contributed by atoms with Gasteiger partial charge in [0.05, 0.1) is 11.4 Å². The molecule has 152 valence electrons. The van der Waals surface area contributed by atoms with Crippen LogP contribution in [-0.4, -0.2) is 57.7 Å². The Morgan fingerprint density at radius 1 is 1.17 bits per heavy atom. The van der Waals surface area contributed by atoms with E-state index >= 15 is 0 Å². The van der Waals surface area contributed by atoms with E-state index in [2.05, 4.69) is 37.0 Å². The Balaban J connectivity index is 0.000000732. The highest BCUT2D eigenvalue weighted by atomic mass is 16.3. The van der Waals surface area contributed by atoms with E-state index in [1.807, 2.05) is 13.0 Å². The van der Waals surface area contributed by atoms with E-state index in [-0.39, 0.29) is 5.75 Å². The number of amidine groups is 1. The van der Waals surface area contributed by atoms with Gasteiger partial charge in [-0.3, -0.25) is 0 Å². The molecular weight excluding hydrogens is 364 g/mol. The van der Waals surface area contributed by atoms with Crippen LogP contribution in [0.5, 0.6) is 5.75 Å². The maximum atomic E-state index is 10.4. The summed E-state index contributed by atoms with van der Waals surface area (Å²) in [6, 6.07) is 7.12. The molecule has 0 bridgehead atoms. The summed E-state index contributed by atoms with van der Waals surface area (Å²) in [6.07, 6.45) is 9.23. The monoisotopic (exact) mass is 392 g/mol. The Kier molecular flexibility index (Phi) is 7.47. The summed E-state index contributed by atoms with van der Waals surface area (Å²) in [5, 5.41) is 22.3. The van der Waals surface area contributed by atoms with E-state index in [0.717, 1.165) is 43.3 Å². The lowest BCUT2D eigenvalue weighted by molar-refractivity contribution is 0.355. The standard InChI is InChI=1S/C19H22N6O.C3H6/c1-3-17(24-23-14(2)25-10-8-20-9-11-25)16-5-4-15(12-19(16)26)18-6-7-21-13-22-18;1-2-3-1/h3-7,12-13,20,26H,1,8-11H2,2H3;1-3H2/b23-14+,24-17+;. The highest BCUT2D eigenvalue weighted by Gasteiger charge is 2.12. The summed E-state index contributed by atoms with van der Waals surface area (Å²) in [6.45, 7) is 9.43. The number of phenols is 1. The van der Waals surface area contributed by atoms with Crippen LogP contribution in [0.4, 0.5) is 0 Å². The molecule has 1 aromatic heterocycles. The van der Waals surface area contributed by atoms with Gasteiger partial charge in [0.2, 0.25) is 0 Å². The highest BCUT2D eigenvalue weighted by Crippen LogP contribution is 2.26. The molecule has 2 aliphatic rings. The van der Waals surface area contributed by atoms with Crippen LogP contribution in [0.15, 0.2) is 59.6 Å². The molecule has 2 N–H and O–H groups in total. The van der Waals surface area contributed by atoms with Crippen molar-refractivity contribution in [1.82, 2.24) is 20.2 Å². The third-order valence-electron chi connectivity index (χ3n) is 4.58. The first-order valence-corrected chi connectivity index (χ1v) is 9.99. The van der Waals surface area contributed by atoms with Gasteiger partial charge >= 0.3 is 0 Å². The molecule has 2 heterocycles. The van der Waals surface area contributed by atoms with Crippen LogP contribution in [0.3, 0.4) is 0 Å². The first kappa shape index (κ1) is 20.7. The van der Waals surface area contributed by atoms with E-state index in [9.17, 15) is 5.11 Å². The van der Waals surface area contributed by atoms with Gasteiger partial charge in [-0.05, 0) is 31.2 Å². The number of piperazine rings is 1. The number of hydrogen-bond donors (Lipinski definition) is 2. The predicted octanol–water partition coefficient (Wildman–Crippen LogP) is 3.23. The Morgan fingerprint density at radius 2 is 1.93 bits per heavy atom. The second-order valence-electron chi connectivity index (χ2n) is 6.96. The minimum atomic E-state index is 0.106. The summed E-state index contributed by atoms with van der Waals surface area (Å²) < 4.78 is 0. The molecular formula is C22H28N6O. The van der Waals surface area contributed by atoms with Gasteiger partial charge < -0.3 is 15.3 Å². The lowest BCUT2D eigenvalue weighted by Crippen LogP contribution is -2.45. The first-order chi connectivity index (χ1) is 14.2. The number of phenolic OH excluding ortho intramolecular Hbond substituents is 1. The van der Waals surface area contributed by atoms with Crippen molar-refractivity contribution in [3.8, 4) is 17.0 Å². The molecule has 2 fully saturated rings. The van der Waals surface area contributed by atoms with Crippen molar-refractivity contribution in [2.75, 3.05) is 26.2 Å². The highest BCUT2D eigenvalue weighted by molar-refractivity contribution is 6.10. The number of allylic oxidation sites excluding steroid dienone is 1. The number of nitrogens with zero attached hydrogens (tertiary/aromatic N) is 5. The Labute approximate surface area is 171 Å². The quantitative estimate of drug-likeness (QED) is 0.474. The van der Waals surface area contributed by atoms with Crippen molar-refractivity contribution in [3.05, 3.63) is 55.0 Å². The SMILES string of the molecule is C1CC1.C=C/C(=N\N=C(/C)N1CCNCC1)c1ccc(-c2ccncn2)cc1O. The van der Waals surface area contributed by atoms with Crippen LogP contribution in [0, 0.1) is 0 Å². The maximum Gasteiger partial charge on any atom is 0.125 e. The summed E-state index contributed by atoms with van der Waals surface area (Å²) in [5.74, 6) is 0.956. The molecule has 0 unspecified atom stereocenters. The zero-order valence-electron chi connectivity index (χ0n) is 16.9. The van der Waals surface area contributed by atoms with Crippen molar-refractivity contribution in [2.45, 2.75) is 26.2 Å². The van der Waals surface area contributed by atoms with Crippen molar-refractivity contribution >= 4 is 11.5 Å². The van der Waals surface area contributed by atoms with E-state index in [1.165, 1.54) is 25.6 Å². The largest absolute Gasteiger partial charge is 0.507 e. The van der Waals surface area contributed by atoms with Gasteiger partial charge in [-0.25, -0.2) is 9.97 Å². The van der Waals surface area contributed by atoms with E-state index in [0.29, 0.717) is 11.3 Å². The molecule has 0 radical (unpaired) electrons. The lowest BCUT2D eigenvalue weighted by atomic mass is 10.0. The number of nitrogens with one attached hydrogen (secondary N) is 1. The van der Waals surface area contributed by atoms with Gasteiger partial charge in [0.1, 0.15) is 17.9 Å². The van der Waals surface area contributed by atoms with Crippen LogP contribution in [0.25, 0.3) is 11.3 Å². The molecule has 1 saturated carbocycles. The fraction of sp³-hybridized carbons (Fsp3) is 0.364. The summed E-state index contributed by atoms with van der Waals surface area (Å²) in [7, 11) is 0. The molecule has 0 atom stereocenters. The molecule has 2 aromatic rings. The zero-order chi connectivity index (χ0) is 20.5. The number of rotatable bonds is 4. The minimum absolute atomic E-state index is 0.106. The molecule has 0 amide bonds. The molecule has 1 aliphatic heterocycles. The Hall–Kier alpha value is -3.06. The van der Waals surface area contributed by atoms with Crippen LogP contribution >= 0.6 is 0 Å². The van der Waals surface area contributed by atoms with Crippen molar-refractivity contribution in [3.63, 3.8) is 0 Å². The van der Waals surface area contributed by atoms with Gasteiger partial charge in [-0.2, -0.15) is 0 Å². The number of hydrogen-bond acceptors (Lipinski definition) is 6. The molecule has 7 heteroatoms. The maximum absolute atomic E-state index is 10.4. The Bertz CT molecular complexity index is 867. The second kappa shape index (κ2) is 10.5. The Morgan fingerprint density at radius 3 is 2.52 bits per heavy atom. The second-order valence-corrected chi connectivity index (χ2v) is 6.96. The topological polar surface area (TPSA) is 86.0 Å². The normalized spacial score (nSPS) is 16.7. The van der Waals surface area contributed by atoms with Crippen LogP contribution in [-0.2, 0) is 0 Å². The molecule has 1 aliphatic carbocycles. The van der Waals surface area contributed by atoms with Gasteiger partial charge in [0, 0.05) is 43.5 Å². The van der Waals surface area contributed by atoms with Crippen molar-refractivity contribution in [1.29, 1.82) is 0 Å². The summed E-state index contributed by atoms with van der Waals surface area (Å²) in [5.41, 5.74) is 2.64. The molecule has 1 saturated heterocycles. The molecule has 4 rings (SSSR count).